The van der Waals surface area contributed by atoms with Crippen LogP contribution in [-0.4, -0.2) is 14.3 Å². The van der Waals surface area contributed by atoms with Crippen LogP contribution in [0.25, 0.3) is 0 Å². The van der Waals surface area contributed by atoms with Gasteiger partial charge in [-0.3, -0.25) is 4.79 Å². The summed E-state index contributed by atoms with van der Waals surface area (Å²) in [5.74, 6) is -0.674. The van der Waals surface area contributed by atoms with Gasteiger partial charge in [-0.05, 0) is 30.3 Å². The van der Waals surface area contributed by atoms with E-state index in [0.717, 1.165) is 4.88 Å². The third kappa shape index (κ3) is 3.73. The molecule has 0 saturated heterocycles. The van der Waals surface area contributed by atoms with Crippen LogP contribution in [0.3, 0.4) is 0 Å². The second-order valence-corrected chi connectivity index (χ2v) is 7.68. The lowest BCUT2D eigenvalue weighted by Gasteiger charge is -2.09. The number of hydrogen-bond donors (Lipinski definition) is 3. The van der Waals surface area contributed by atoms with E-state index in [1.165, 1.54) is 29.5 Å². The number of benzene rings is 1. The Balaban J connectivity index is 2.21. The summed E-state index contributed by atoms with van der Waals surface area (Å²) >= 11 is 7.06. The van der Waals surface area contributed by atoms with Crippen molar-refractivity contribution in [2.45, 2.75) is 11.4 Å². The van der Waals surface area contributed by atoms with E-state index in [-0.39, 0.29) is 22.7 Å². The van der Waals surface area contributed by atoms with Crippen LogP contribution in [0.2, 0.25) is 4.34 Å². The highest BCUT2D eigenvalue weighted by Gasteiger charge is 2.18. The third-order valence-corrected chi connectivity index (χ3v) is 5.36. The number of primary amides is 1. The highest BCUT2D eigenvalue weighted by Crippen LogP contribution is 2.23. The van der Waals surface area contributed by atoms with Crippen LogP contribution in [0.1, 0.15) is 15.2 Å². The van der Waals surface area contributed by atoms with Gasteiger partial charge in [0.25, 0.3) is 0 Å². The standard InChI is InChI=1S/C12H12ClN3O3S2/c13-11-4-2-8(20-11)6-16-21(18,19)10-3-1-7(12(15)17)5-9(10)14/h1-5,16H,6,14H2,(H2,15,17). The van der Waals surface area contributed by atoms with Crippen molar-refractivity contribution < 1.29 is 13.2 Å². The zero-order chi connectivity index (χ0) is 15.6. The molecule has 0 aliphatic rings. The molecule has 0 atom stereocenters. The topological polar surface area (TPSA) is 115 Å². The van der Waals surface area contributed by atoms with E-state index in [9.17, 15) is 13.2 Å². The predicted molar refractivity (Wildman–Crippen MR) is 82.7 cm³/mol. The maximum absolute atomic E-state index is 12.2. The second kappa shape index (κ2) is 6.02. The molecule has 1 aromatic heterocycles. The van der Waals surface area contributed by atoms with Gasteiger partial charge in [-0.15, -0.1) is 11.3 Å². The van der Waals surface area contributed by atoms with E-state index in [1.54, 1.807) is 12.1 Å². The fraction of sp³-hybridized carbons (Fsp3) is 0.0833. The average molecular weight is 346 g/mol. The molecule has 2 rings (SSSR count). The monoisotopic (exact) mass is 345 g/mol. The van der Waals surface area contributed by atoms with Gasteiger partial charge >= 0.3 is 0 Å². The summed E-state index contributed by atoms with van der Waals surface area (Å²) in [6.07, 6.45) is 0. The zero-order valence-corrected chi connectivity index (χ0v) is 13.1. The minimum absolute atomic E-state index is 0.0389. The molecule has 9 heteroatoms. The number of rotatable bonds is 5. The molecule has 0 aliphatic heterocycles. The molecule has 0 aliphatic carbocycles. The van der Waals surface area contributed by atoms with E-state index in [4.69, 9.17) is 23.1 Å². The molecule has 112 valence electrons. The molecule has 0 fully saturated rings. The van der Waals surface area contributed by atoms with Gasteiger partial charge in [-0.25, -0.2) is 13.1 Å². The van der Waals surface area contributed by atoms with E-state index in [1.807, 2.05) is 0 Å². The van der Waals surface area contributed by atoms with Gasteiger partial charge in [-0.1, -0.05) is 11.6 Å². The predicted octanol–water partition coefficient (Wildman–Crippen LogP) is 1.56. The number of nitrogen functional groups attached to an aromatic ring is 1. The quantitative estimate of drug-likeness (QED) is 0.713. The number of carbonyl (C=O) groups is 1. The van der Waals surface area contributed by atoms with Gasteiger partial charge in [0.15, 0.2) is 0 Å². The van der Waals surface area contributed by atoms with Crippen LogP contribution in [0.5, 0.6) is 0 Å². The van der Waals surface area contributed by atoms with Crippen LogP contribution in [-0.2, 0) is 16.6 Å². The molecule has 6 nitrogen and oxygen atoms in total. The third-order valence-electron chi connectivity index (χ3n) is 2.65. The molecule has 1 amide bonds. The molecular weight excluding hydrogens is 334 g/mol. The minimum Gasteiger partial charge on any atom is -0.398 e. The first-order valence-electron chi connectivity index (χ1n) is 5.73. The van der Waals surface area contributed by atoms with E-state index in [0.29, 0.717) is 4.34 Å². The average Bonchev–Trinajstić information content (AvgIpc) is 2.82. The van der Waals surface area contributed by atoms with Gasteiger partial charge in [0.1, 0.15) is 4.90 Å². The number of anilines is 1. The Hall–Kier alpha value is -1.61. The first-order chi connectivity index (χ1) is 9.79. The maximum atomic E-state index is 12.2. The summed E-state index contributed by atoms with van der Waals surface area (Å²) in [6, 6.07) is 7.22. The summed E-state index contributed by atoms with van der Waals surface area (Å²) in [7, 11) is -3.79. The van der Waals surface area contributed by atoms with Crippen LogP contribution in [0.4, 0.5) is 5.69 Å². The van der Waals surface area contributed by atoms with Crippen LogP contribution < -0.4 is 16.2 Å². The number of nitrogens with one attached hydrogen (secondary N) is 1. The van der Waals surface area contributed by atoms with Gasteiger partial charge < -0.3 is 11.5 Å². The summed E-state index contributed by atoms with van der Waals surface area (Å²) in [6.45, 7) is 0.108. The molecule has 21 heavy (non-hydrogen) atoms. The normalized spacial score (nSPS) is 11.5. The Morgan fingerprint density at radius 1 is 1.29 bits per heavy atom. The molecule has 2 aromatic rings. The van der Waals surface area contributed by atoms with Crippen molar-refractivity contribution in [3.05, 3.63) is 45.1 Å². The van der Waals surface area contributed by atoms with Crippen LogP contribution in [0.15, 0.2) is 35.2 Å². The molecule has 1 heterocycles. The summed E-state index contributed by atoms with van der Waals surface area (Å²) in [5.41, 5.74) is 10.9. The number of halogens is 1. The zero-order valence-electron chi connectivity index (χ0n) is 10.7. The van der Waals surface area contributed by atoms with Crippen molar-refractivity contribution in [3.63, 3.8) is 0 Å². The number of thiophene rings is 1. The summed E-state index contributed by atoms with van der Waals surface area (Å²) in [5, 5.41) is 0. The number of carbonyl (C=O) groups excluding carboxylic acids is 1. The van der Waals surface area contributed by atoms with Crippen molar-refractivity contribution in [1.82, 2.24) is 4.72 Å². The molecule has 1 aromatic carbocycles. The van der Waals surface area contributed by atoms with Crippen molar-refractivity contribution in [2.75, 3.05) is 5.73 Å². The van der Waals surface area contributed by atoms with Crippen molar-refractivity contribution in [3.8, 4) is 0 Å². The number of hydrogen-bond acceptors (Lipinski definition) is 5. The Labute approximate surface area is 130 Å². The van der Waals surface area contributed by atoms with Gasteiger partial charge in [0, 0.05) is 17.0 Å². The molecule has 0 radical (unpaired) electrons. The second-order valence-electron chi connectivity index (χ2n) is 4.15. The van der Waals surface area contributed by atoms with Crippen molar-refractivity contribution in [2.24, 2.45) is 5.73 Å². The number of amides is 1. The van der Waals surface area contributed by atoms with E-state index < -0.39 is 15.9 Å². The first kappa shape index (κ1) is 15.8. The SMILES string of the molecule is NC(=O)c1ccc(S(=O)(=O)NCc2ccc(Cl)s2)c(N)c1. The Morgan fingerprint density at radius 2 is 2.00 bits per heavy atom. The lowest BCUT2D eigenvalue weighted by Crippen LogP contribution is -2.24. The molecule has 5 N–H and O–H groups in total. The highest BCUT2D eigenvalue weighted by molar-refractivity contribution is 7.89. The summed E-state index contributed by atoms with van der Waals surface area (Å²) in [4.78, 5) is 11.7. The maximum Gasteiger partial charge on any atom is 0.248 e. The molecule has 0 bridgehead atoms. The van der Waals surface area contributed by atoms with Crippen LogP contribution in [0, 0.1) is 0 Å². The van der Waals surface area contributed by atoms with Crippen molar-refractivity contribution in [1.29, 1.82) is 0 Å². The minimum atomic E-state index is -3.79. The Kier molecular flexibility index (Phi) is 4.52. The van der Waals surface area contributed by atoms with E-state index >= 15 is 0 Å². The Morgan fingerprint density at radius 3 is 2.52 bits per heavy atom. The lowest BCUT2D eigenvalue weighted by atomic mass is 10.2. The molecule has 0 spiro atoms. The van der Waals surface area contributed by atoms with Gasteiger partial charge in [-0.2, -0.15) is 0 Å². The van der Waals surface area contributed by atoms with Gasteiger partial charge in [0.2, 0.25) is 15.9 Å². The largest absolute Gasteiger partial charge is 0.398 e. The fourth-order valence-electron chi connectivity index (χ4n) is 1.64. The lowest BCUT2D eigenvalue weighted by molar-refractivity contribution is 0.1000. The number of sulfonamides is 1. The molecule has 0 unspecified atom stereocenters. The Bertz CT molecular complexity index is 787. The van der Waals surface area contributed by atoms with Gasteiger partial charge in [0.05, 0.1) is 10.0 Å². The molecule has 0 saturated carbocycles. The van der Waals surface area contributed by atoms with Crippen LogP contribution >= 0.6 is 22.9 Å². The number of nitrogens with two attached hydrogens (primary N) is 2. The van der Waals surface area contributed by atoms with E-state index in [2.05, 4.69) is 4.72 Å². The smallest absolute Gasteiger partial charge is 0.248 e. The summed E-state index contributed by atoms with van der Waals surface area (Å²) < 4.78 is 27.4. The first-order valence-corrected chi connectivity index (χ1v) is 8.40. The van der Waals surface area contributed by atoms with Crippen molar-refractivity contribution >= 4 is 44.6 Å². The molecular formula is C12H12ClN3O3S2. The fourth-order valence-corrected chi connectivity index (χ4v) is 3.87. The highest BCUT2D eigenvalue weighted by atomic mass is 35.5.